The molecule has 186 valence electrons. The first kappa shape index (κ1) is 23.5. The number of amides is 1. The van der Waals surface area contributed by atoms with Gasteiger partial charge in [-0.15, -0.1) is 0 Å². The summed E-state index contributed by atoms with van der Waals surface area (Å²) in [6, 6.07) is 11.3. The van der Waals surface area contributed by atoms with E-state index in [0.29, 0.717) is 12.8 Å². The minimum Gasteiger partial charge on any atom is -0.508 e. The van der Waals surface area contributed by atoms with Crippen LogP contribution in [0.25, 0.3) is 22.0 Å². The molecule has 2 fully saturated rings. The number of hydrogen-bond acceptors (Lipinski definition) is 6. The smallest absolute Gasteiger partial charge is 0.407 e. The lowest BCUT2D eigenvalue weighted by Gasteiger charge is -2.36. The Morgan fingerprint density at radius 2 is 1.91 bits per heavy atom. The molecule has 1 atom stereocenters. The van der Waals surface area contributed by atoms with Gasteiger partial charge in [0.05, 0.1) is 17.1 Å². The summed E-state index contributed by atoms with van der Waals surface area (Å²) >= 11 is 0. The molecule has 1 amide bonds. The van der Waals surface area contributed by atoms with E-state index in [0.717, 1.165) is 53.6 Å². The molecule has 0 spiro atoms. The van der Waals surface area contributed by atoms with Crippen molar-refractivity contribution in [1.29, 1.82) is 0 Å². The van der Waals surface area contributed by atoms with Crippen LogP contribution in [0.5, 0.6) is 11.5 Å². The van der Waals surface area contributed by atoms with Crippen LogP contribution in [0.15, 0.2) is 42.6 Å². The highest BCUT2D eigenvalue weighted by Crippen LogP contribution is 2.38. The van der Waals surface area contributed by atoms with Crippen LogP contribution in [0.3, 0.4) is 0 Å². The van der Waals surface area contributed by atoms with Crippen molar-refractivity contribution in [2.24, 2.45) is 0 Å². The number of benzene rings is 2. The average Bonchev–Trinajstić information content (AvgIpc) is 3.22. The lowest BCUT2D eigenvalue weighted by Crippen LogP contribution is -2.50. The molecule has 8 heteroatoms. The standard InChI is InChI=1S/C27H33N3O5/c1-27(2,3)35-26(32)29-19-14-21(15-19)34-24-13-18(17-7-9-20(31)10-8-17)12-23-22(24)16-28-30(23)25-6-4-5-11-33-25/h7-10,12-13,16,19,21,25,31H,4-6,11,14-15H2,1-3H3,(H,29,32)/t19-,21-,25?. The molecule has 2 heterocycles. The van der Waals surface area contributed by atoms with Gasteiger partial charge in [-0.25, -0.2) is 9.48 Å². The van der Waals surface area contributed by atoms with E-state index in [4.69, 9.17) is 14.2 Å². The van der Waals surface area contributed by atoms with Gasteiger partial charge in [0.1, 0.15) is 23.2 Å². The summed E-state index contributed by atoms with van der Waals surface area (Å²) in [7, 11) is 0. The third-order valence-electron chi connectivity index (χ3n) is 6.42. The number of nitrogens with one attached hydrogen (secondary N) is 1. The highest BCUT2D eigenvalue weighted by Gasteiger charge is 2.34. The van der Waals surface area contributed by atoms with Gasteiger partial charge in [0.25, 0.3) is 0 Å². The Hall–Kier alpha value is -3.26. The Morgan fingerprint density at radius 1 is 1.14 bits per heavy atom. The number of carbonyl (C=O) groups excluding carboxylic acids is 1. The zero-order valence-electron chi connectivity index (χ0n) is 20.5. The summed E-state index contributed by atoms with van der Waals surface area (Å²) in [5.74, 6) is 0.985. The Morgan fingerprint density at radius 3 is 2.60 bits per heavy atom. The van der Waals surface area contributed by atoms with Gasteiger partial charge in [-0.1, -0.05) is 12.1 Å². The molecular weight excluding hydrogens is 446 g/mol. The molecule has 3 aromatic rings. The zero-order valence-corrected chi connectivity index (χ0v) is 20.5. The van der Waals surface area contributed by atoms with E-state index in [1.165, 1.54) is 0 Å². The molecule has 1 aliphatic carbocycles. The van der Waals surface area contributed by atoms with Gasteiger partial charge in [-0.05, 0) is 75.4 Å². The number of fused-ring (bicyclic) bond motifs is 1. The second-order valence-corrected chi connectivity index (χ2v) is 10.4. The first-order valence-electron chi connectivity index (χ1n) is 12.3. The molecule has 0 radical (unpaired) electrons. The molecule has 5 rings (SSSR count). The molecule has 1 unspecified atom stereocenters. The number of ether oxygens (including phenoxy) is 3. The maximum atomic E-state index is 12.1. The van der Waals surface area contributed by atoms with Gasteiger partial charge in [-0.2, -0.15) is 5.10 Å². The summed E-state index contributed by atoms with van der Waals surface area (Å²) in [5, 5.41) is 18.2. The molecule has 1 saturated carbocycles. The summed E-state index contributed by atoms with van der Waals surface area (Å²) < 4.78 is 19.7. The molecule has 2 aromatic carbocycles. The van der Waals surface area contributed by atoms with Crippen LogP contribution >= 0.6 is 0 Å². The fraction of sp³-hybridized carbons (Fsp3) is 0.481. The van der Waals surface area contributed by atoms with Gasteiger partial charge in [0.15, 0.2) is 6.23 Å². The molecule has 1 saturated heterocycles. The topological polar surface area (TPSA) is 94.8 Å². The number of rotatable bonds is 5. The first-order valence-corrected chi connectivity index (χ1v) is 12.3. The molecular formula is C27H33N3O5. The van der Waals surface area contributed by atoms with Crippen molar-refractivity contribution in [2.45, 2.75) is 76.9 Å². The number of phenols is 1. The number of carbonyl (C=O) groups is 1. The van der Waals surface area contributed by atoms with E-state index < -0.39 is 11.7 Å². The van der Waals surface area contributed by atoms with Crippen LogP contribution in [0, 0.1) is 0 Å². The number of phenolic OH excluding ortho intramolecular Hbond substituents is 1. The van der Waals surface area contributed by atoms with Crippen molar-refractivity contribution in [3.63, 3.8) is 0 Å². The van der Waals surface area contributed by atoms with Crippen LogP contribution in [0.1, 0.15) is 59.1 Å². The first-order chi connectivity index (χ1) is 16.7. The molecule has 35 heavy (non-hydrogen) atoms. The Labute approximate surface area is 205 Å². The van der Waals surface area contributed by atoms with Crippen LogP contribution in [-0.4, -0.2) is 45.3 Å². The van der Waals surface area contributed by atoms with Gasteiger partial charge in [0.2, 0.25) is 0 Å². The SMILES string of the molecule is CC(C)(C)OC(=O)N[C@H]1C[C@H](Oc2cc(-c3ccc(O)cc3)cc3c2cnn3C2CCCCO2)C1. The van der Waals surface area contributed by atoms with Crippen molar-refractivity contribution in [3.8, 4) is 22.6 Å². The third kappa shape index (κ3) is 5.37. The van der Waals surface area contributed by atoms with E-state index >= 15 is 0 Å². The molecule has 0 bridgehead atoms. The van der Waals surface area contributed by atoms with Gasteiger partial charge < -0.3 is 24.6 Å². The van der Waals surface area contributed by atoms with Crippen LogP contribution < -0.4 is 10.1 Å². The monoisotopic (exact) mass is 479 g/mol. The summed E-state index contributed by atoms with van der Waals surface area (Å²) in [5.41, 5.74) is 2.39. The van der Waals surface area contributed by atoms with E-state index in [1.54, 1.807) is 12.1 Å². The van der Waals surface area contributed by atoms with Crippen molar-refractivity contribution < 1.29 is 24.1 Å². The minimum absolute atomic E-state index is 0.0116. The number of aromatic nitrogens is 2. The normalized spacial score (nSPS) is 22.4. The van der Waals surface area contributed by atoms with Crippen molar-refractivity contribution in [3.05, 3.63) is 42.6 Å². The fourth-order valence-electron chi connectivity index (χ4n) is 4.61. The number of hydrogen-bond donors (Lipinski definition) is 2. The quantitative estimate of drug-likeness (QED) is 0.499. The second-order valence-electron chi connectivity index (χ2n) is 10.4. The van der Waals surface area contributed by atoms with E-state index in [9.17, 15) is 9.90 Å². The van der Waals surface area contributed by atoms with E-state index in [1.807, 2.05) is 49.8 Å². The van der Waals surface area contributed by atoms with Crippen molar-refractivity contribution in [2.75, 3.05) is 6.61 Å². The molecule has 2 aliphatic rings. The molecule has 8 nitrogen and oxygen atoms in total. The van der Waals surface area contributed by atoms with Crippen LogP contribution in [0.2, 0.25) is 0 Å². The lowest BCUT2D eigenvalue weighted by atomic mass is 9.89. The van der Waals surface area contributed by atoms with Gasteiger partial charge >= 0.3 is 6.09 Å². The summed E-state index contributed by atoms with van der Waals surface area (Å²) in [4.78, 5) is 12.1. The number of alkyl carbamates (subject to hydrolysis) is 1. The highest BCUT2D eigenvalue weighted by atomic mass is 16.6. The maximum Gasteiger partial charge on any atom is 0.407 e. The maximum absolute atomic E-state index is 12.1. The lowest BCUT2D eigenvalue weighted by molar-refractivity contribution is -0.0366. The number of nitrogens with zero attached hydrogens (tertiary/aromatic N) is 2. The van der Waals surface area contributed by atoms with Crippen molar-refractivity contribution in [1.82, 2.24) is 15.1 Å². The molecule has 1 aliphatic heterocycles. The Bertz CT molecular complexity index is 1190. The van der Waals surface area contributed by atoms with Crippen LogP contribution in [0.4, 0.5) is 4.79 Å². The Kier molecular flexibility index (Phi) is 6.32. The van der Waals surface area contributed by atoms with Gasteiger partial charge in [-0.3, -0.25) is 0 Å². The second kappa shape index (κ2) is 9.41. The largest absolute Gasteiger partial charge is 0.508 e. The van der Waals surface area contributed by atoms with Gasteiger partial charge in [0, 0.05) is 25.5 Å². The molecule has 1 aromatic heterocycles. The third-order valence-corrected chi connectivity index (χ3v) is 6.42. The van der Waals surface area contributed by atoms with Crippen LogP contribution in [-0.2, 0) is 9.47 Å². The minimum atomic E-state index is -0.522. The van der Waals surface area contributed by atoms with E-state index in [-0.39, 0.29) is 24.1 Å². The summed E-state index contributed by atoms with van der Waals surface area (Å²) in [6.07, 6.45) is 5.89. The predicted molar refractivity (Wildman–Crippen MR) is 132 cm³/mol. The summed E-state index contributed by atoms with van der Waals surface area (Å²) in [6.45, 7) is 6.29. The molecule has 2 N–H and O–H groups in total. The Balaban J connectivity index is 1.38. The highest BCUT2D eigenvalue weighted by molar-refractivity contribution is 5.90. The predicted octanol–water partition coefficient (Wildman–Crippen LogP) is 5.54. The van der Waals surface area contributed by atoms with Crippen molar-refractivity contribution >= 4 is 17.0 Å². The zero-order chi connectivity index (χ0) is 24.6. The average molecular weight is 480 g/mol. The van der Waals surface area contributed by atoms with E-state index in [2.05, 4.69) is 16.5 Å². The fourth-order valence-corrected chi connectivity index (χ4v) is 4.61. The number of aromatic hydroxyl groups is 1.